The van der Waals surface area contributed by atoms with E-state index in [0.29, 0.717) is 12.0 Å². The van der Waals surface area contributed by atoms with Crippen molar-refractivity contribution in [3.05, 3.63) is 20.3 Å². The van der Waals surface area contributed by atoms with Crippen LogP contribution in [-0.4, -0.2) is 7.05 Å². The van der Waals surface area contributed by atoms with Gasteiger partial charge in [0, 0.05) is 11.6 Å². The highest BCUT2D eigenvalue weighted by Crippen LogP contribution is 2.39. The fourth-order valence-electron chi connectivity index (χ4n) is 2.28. The summed E-state index contributed by atoms with van der Waals surface area (Å²) in [6.07, 6.45) is 4.91. The highest BCUT2D eigenvalue weighted by atomic mass is 35.5. The van der Waals surface area contributed by atoms with Crippen LogP contribution in [0.5, 0.6) is 0 Å². The molecule has 0 aliphatic rings. The molecule has 2 atom stereocenters. The van der Waals surface area contributed by atoms with Crippen LogP contribution in [0.15, 0.2) is 6.07 Å². The molecular weight excluding hydrogens is 273 g/mol. The second kappa shape index (κ2) is 7.63. The zero-order valence-electron chi connectivity index (χ0n) is 10.7. The minimum Gasteiger partial charge on any atom is -0.313 e. The van der Waals surface area contributed by atoms with Crippen molar-refractivity contribution in [3.8, 4) is 0 Å². The van der Waals surface area contributed by atoms with Gasteiger partial charge < -0.3 is 5.32 Å². The third kappa shape index (κ3) is 4.13. The molecule has 2 unspecified atom stereocenters. The first kappa shape index (κ1) is 15.3. The van der Waals surface area contributed by atoms with E-state index < -0.39 is 0 Å². The number of nitrogens with one attached hydrogen (secondary N) is 1. The van der Waals surface area contributed by atoms with Crippen molar-refractivity contribution in [1.82, 2.24) is 5.32 Å². The van der Waals surface area contributed by atoms with Crippen LogP contribution in [0.1, 0.15) is 51.1 Å². The Labute approximate surface area is 119 Å². The average Bonchev–Trinajstić information content (AvgIpc) is 2.63. The topological polar surface area (TPSA) is 12.0 Å². The Balaban J connectivity index is 2.84. The molecule has 0 aliphatic carbocycles. The van der Waals surface area contributed by atoms with Gasteiger partial charge >= 0.3 is 0 Å². The van der Waals surface area contributed by atoms with E-state index in [9.17, 15) is 0 Å². The van der Waals surface area contributed by atoms with Gasteiger partial charge in [-0.2, -0.15) is 0 Å². The maximum absolute atomic E-state index is 6.25. The Bertz CT molecular complexity index is 338. The highest BCUT2D eigenvalue weighted by molar-refractivity contribution is 7.20. The number of thiophene rings is 1. The van der Waals surface area contributed by atoms with Gasteiger partial charge in [0.05, 0.1) is 8.67 Å². The van der Waals surface area contributed by atoms with E-state index in [-0.39, 0.29) is 0 Å². The molecule has 98 valence electrons. The van der Waals surface area contributed by atoms with Crippen molar-refractivity contribution in [3.63, 3.8) is 0 Å². The predicted octanol–water partition coefficient (Wildman–Crippen LogP) is 5.53. The molecule has 1 nitrogen and oxygen atoms in total. The molecule has 1 rings (SSSR count). The summed E-state index contributed by atoms with van der Waals surface area (Å²) in [6.45, 7) is 4.47. The van der Waals surface area contributed by atoms with Crippen molar-refractivity contribution < 1.29 is 0 Å². The van der Waals surface area contributed by atoms with Gasteiger partial charge in [-0.3, -0.25) is 0 Å². The van der Waals surface area contributed by atoms with E-state index >= 15 is 0 Å². The van der Waals surface area contributed by atoms with Crippen LogP contribution in [0.2, 0.25) is 8.67 Å². The molecule has 0 fully saturated rings. The van der Waals surface area contributed by atoms with Gasteiger partial charge in [0.2, 0.25) is 0 Å². The van der Waals surface area contributed by atoms with Crippen molar-refractivity contribution in [2.75, 3.05) is 7.05 Å². The van der Waals surface area contributed by atoms with E-state index in [4.69, 9.17) is 23.2 Å². The summed E-state index contributed by atoms with van der Waals surface area (Å²) in [5.74, 6) is 0.628. The first-order valence-electron chi connectivity index (χ1n) is 6.25. The van der Waals surface area contributed by atoms with Gasteiger partial charge in [-0.15, -0.1) is 11.3 Å². The lowest BCUT2D eigenvalue weighted by molar-refractivity contribution is 0.339. The lowest BCUT2D eigenvalue weighted by Crippen LogP contribution is -2.24. The van der Waals surface area contributed by atoms with Crippen LogP contribution >= 0.6 is 34.5 Å². The number of rotatable bonds is 7. The van der Waals surface area contributed by atoms with Gasteiger partial charge in [0.1, 0.15) is 0 Å². The lowest BCUT2D eigenvalue weighted by Gasteiger charge is -2.25. The minimum absolute atomic E-state index is 0.322. The average molecular weight is 294 g/mol. The quantitative estimate of drug-likeness (QED) is 0.697. The molecule has 17 heavy (non-hydrogen) atoms. The third-order valence-electron chi connectivity index (χ3n) is 3.25. The number of hydrogen-bond donors (Lipinski definition) is 1. The number of halogens is 2. The molecule has 1 aromatic rings. The summed E-state index contributed by atoms with van der Waals surface area (Å²) in [7, 11) is 2.00. The summed E-state index contributed by atoms with van der Waals surface area (Å²) >= 11 is 13.7. The lowest BCUT2D eigenvalue weighted by atomic mass is 9.88. The summed E-state index contributed by atoms with van der Waals surface area (Å²) < 4.78 is 1.60. The second-order valence-corrected chi connectivity index (χ2v) is 6.64. The molecule has 0 saturated heterocycles. The molecule has 0 bridgehead atoms. The molecule has 1 N–H and O–H groups in total. The second-order valence-electron chi connectivity index (χ2n) is 4.36. The summed E-state index contributed by atoms with van der Waals surface area (Å²) in [6, 6.07) is 2.33. The Morgan fingerprint density at radius 2 is 2.06 bits per heavy atom. The largest absolute Gasteiger partial charge is 0.313 e. The van der Waals surface area contributed by atoms with Crippen LogP contribution in [0, 0.1) is 5.92 Å². The van der Waals surface area contributed by atoms with Crippen molar-refractivity contribution >= 4 is 34.5 Å². The van der Waals surface area contributed by atoms with E-state index in [1.165, 1.54) is 30.6 Å². The van der Waals surface area contributed by atoms with Gasteiger partial charge in [0.15, 0.2) is 0 Å². The Hall–Kier alpha value is 0.240. The third-order valence-corrected chi connectivity index (χ3v) is 4.77. The van der Waals surface area contributed by atoms with Crippen molar-refractivity contribution in [2.45, 2.75) is 45.6 Å². The molecule has 1 aromatic heterocycles. The zero-order valence-corrected chi connectivity index (χ0v) is 13.1. The van der Waals surface area contributed by atoms with Crippen LogP contribution in [0.4, 0.5) is 0 Å². The van der Waals surface area contributed by atoms with Gasteiger partial charge in [-0.05, 0) is 25.5 Å². The zero-order chi connectivity index (χ0) is 12.8. The normalized spacial score (nSPS) is 14.9. The van der Waals surface area contributed by atoms with Gasteiger partial charge in [-0.1, -0.05) is 56.3 Å². The highest BCUT2D eigenvalue weighted by Gasteiger charge is 2.23. The fraction of sp³-hybridized carbons (Fsp3) is 0.692. The maximum atomic E-state index is 6.25. The molecule has 0 radical (unpaired) electrons. The minimum atomic E-state index is 0.322. The monoisotopic (exact) mass is 293 g/mol. The molecule has 0 aromatic carbocycles. The smallest absolute Gasteiger partial charge is 0.0992 e. The van der Waals surface area contributed by atoms with Crippen molar-refractivity contribution in [2.24, 2.45) is 5.92 Å². The number of hydrogen-bond acceptors (Lipinski definition) is 2. The maximum Gasteiger partial charge on any atom is 0.0992 e. The van der Waals surface area contributed by atoms with Gasteiger partial charge in [-0.25, -0.2) is 0 Å². The van der Waals surface area contributed by atoms with E-state index in [0.717, 1.165) is 20.7 Å². The Morgan fingerprint density at radius 1 is 1.35 bits per heavy atom. The SMILES string of the molecule is CCCCC(CC)C(NC)c1cc(Cl)sc1Cl. The fourth-order valence-corrected chi connectivity index (χ4v) is 3.83. The summed E-state index contributed by atoms with van der Waals surface area (Å²) in [5, 5.41) is 3.40. The molecule has 0 aliphatic heterocycles. The molecule has 0 amide bonds. The molecule has 4 heteroatoms. The summed E-state index contributed by atoms with van der Waals surface area (Å²) in [4.78, 5) is 0. The van der Waals surface area contributed by atoms with E-state index in [1.54, 1.807) is 0 Å². The predicted molar refractivity (Wildman–Crippen MR) is 79.4 cm³/mol. The Morgan fingerprint density at radius 3 is 2.47 bits per heavy atom. The van der Waals surface area contributed by atoms with Crippen LogP contribution in [0.25, 0.3) is 0 Å². The molecule has 1 heterocycles. The molecule has 0 saturated carbocycles. The van der Waals surface area contributed by atoms with Gasteiger partial charge in [0.25, 0.3) is 0 Å². The van der Waals surface area contributed by atoms with E-state index in [2.05, 4.69) is 19.2 Å². The first-order valence-corrected chi connectivity index (χ1v) is 7.83. The summed E-state index contributed by atoms with van der Waals surface area (Å²) in [5.41, 5.74) is 1.16. The Kier molecular flexibility index (Phi) is 6.86. The molecule has 0 spiro atoms. The van der Waals surface area contributed by atoms with Crippen molar-refractivity contribution in [1.29, 1.82) is 0 Å². The number of unbranched alkanes of at least 4 members (excludes halogenated alkanes) is 1. The van der Waals surface area contributed by atoms with Crippen LogP contribution in [0.3, 0.4) is 0 Å². The molecular formula is C13H21Cl2NS. The van der Waals surface area contributed by atoms with Crippen LogP contribution in [-0.2, 0) is 0 Å². The van der Waals surface area contributed by atoms with E-state index in [1.807, 2.05) is 13.1 Å². The first-order chi connectivity index (χ1) is 8.13. The van der Waals surface area contributed by atoms with Crippen LogP contribution < -0.4 is 5.32 Å². The standard InChI is InChI=1S/C13H21Cl2NS/c1-4-6-7-9(5-2)12(16-3)10-8-11(14)17-13(10)15/h8-9,12,16H,4-7H2,1-3H3.